The second-order valence-electron chi connectivity index (χ2n) is 8.45. The average molecular weight is 525 g/mol. The molecule has 1 aromatic heterocycles. The van der Waals surface area contributed by atoms with Crippen LogP contribution in [-0.2, 0) is 17.7 Å². The first-order valence-corrected chi connectivity index (χ1v) is 12.1. The first-order valence-electron chi connectivity index (χ1n) is 11.3. The van der Waals surface area contributed by atoms with Crippen molar-refractivity contribution in [3.05, 3.63) is 93.2 Å². The number of ether oxygens (including phenoxy) is 2. The molecule has 2 aromatic carbocycles. The van der Waals surface area contributed by atoms with Crippen molar-refractivity contribution in [1.82, 2.24) is 9.88 Å². The summed E-state index contributed by atoms with van der Waals surface area (Å²) in [5.74, 6) is -0.218. The van der Waals surface area contributed by atoms with Gasteiger partial charge in [0.1, 0.15) is 11.9 Å². The number of fused-ring (bicyclic) bond motifs is 1. The molecule has 0 amide bonds. The molecule has 1 aliphatic heterocycles. The Bertz CT molecular complexity index is 1110. The van der Waals surface area contributed by atoms with E-state index in [0.29, 0.717) is 23.2 Å². The molecule has 1 aliphatic rings. The van der Waals surface area contributed by atoms with E-state index in [1.54, 1.807) is 24.4 Å². The van der Waals surface area contributed by atoms with Gasteiger partial charge in [0, 0.05) is 47.7 Å². The predicted molar refractivity (Wildman–Crippen MR) is 130 cm³/mol. The highest BCUT2D eigenvalue weighted by molar-refractivity contribution is 6.34. The van der Waals surface area contributed by atoms with Crippen LogP contribution in [-0.4, -0.2) is 35.9 Å². The summed E-state index contributed by atoms with van der Waals surface area (Å²) in [6.07, 6.45) is 1.13. The molecule has 0 saturated carbocycles. The molecular weight excluding hydrogens is 500 g/mol. The minimum absolute atomic E-state index is 0.218. The van der Waals surface area contributed by atoms with Gasteiger partial charge < -0.3 is 9.47 Å². The molecule has 2 heterocycles. The zero-order valence-electron chi connectivity index (χ0n) is 18.9. The van der Waals surface area contributed by atoms with Gasteiger partial charge in [-0.3, -0.25) is 9.88 Å². The van der Waals surface area contributed by atoms with Gasteiger partial charge in [-0.15, -0.1) is 13.2 Å². The molecule has 3 aromatic rings. The highest BCUT2D eigenvalue weighted by atomic mass is 35.5. The number of pyridine rings is 1. The van der Waals surface area contributed by atoms with Gasteiger partial charge in [-0.1, -0.05) is 35.3 Å². The third kappa shape index (κ3) is 7.58. The van der Waals surface area contributed by atoms with Crippen LogP contribution in [0.4, 0.5) is 13.2 Å². The summed E-state index contributed by atoms with van der Waals surface area (Å²) in [6, 6.07) is 13.5. The topological polar surface area (TPSA) is 34.6 Å². The quantitative estimate of drug-likeness (QED) is 0.360. The summed E-state index contributed by atoms with van der Waals surface area (Å²) in [5, 5.41) is 1.10. The van der Waals surface area contributed by atoms with Gasteiger partial charge in [0.2, 0.25) is 0 Å². The van der Waals surface area contributed by atoms with Crippen LogP contribution >= 0.6 is 23.2 Å². The van der Waals surface area contributed by atoms with Gasteiger partial charge in [0.25, 0.3) is 0 Å². The van der Waals surface area contributed by atoms with E-state index in [1.807, 2.05) is 24.4 Å². The summed E-state index contributed by atoms with van der Waals surface area (Å²) >= 11 is 12.5. The molecular formula is C26H25Cl2F3N2O2. The van der Waals surface area contributed by atoms with Gasteiger partial charge in [-0.2, -0.15) is 0 Å². The van der Waals surface area contributed by atoms with Crippen LogP contribution in [0.2, 0.25) is 10.0 Å². The number of nitrogens with zero attached hydrogens (tertiary/aromatic N) is 2. The van der Waals surface area contributed by atoms with Crippen LogP contribution < -0.4 is 4.74 Å². The van der Waals surface area contributed by atoms with Crippen LogP contribution in [0, 0.1) is 0 Å². The number of rotatable bonds is 4. The molecule has 186 valence electrons. The predicted octanol–water partition coefficient (Wildman–Crippen LogP) is 7.23. The van der Waals surface area contributed by atoms with Crippen LogP contribution in [0.5, 0.6) is 5.75 Å². The molecule has 4 rings (SSSR count). The van der Waals surface area contributed by atoms with E-state index in [9.17, 15) is 13.2 Å². The Morgan fingerprint density at radius 2 is 1.71 bits per heavy atom. The Hall–Kier alpha value is -2.32. The van der Waals surface area contributed by atoms with Gasteiger partial charge in [-0.05, 0) is 78.9 Å². The number of aryl methyl sites for hydroxylation is 1. The number of aromatic nitrogens is 1. The number of benzene rings is 2. The molecule has 1 atom stereocenters. The maximum Gasteiger partial charge on any atom is 0.573 e. The van der Waals surface area contributed by atoms with E-state index in [1.165, 1.54) is 12.1 Å². The fourth-order valence-corrected chi connectivity index (χ4v) is 4.84. The molecule has 0 fully saturated rings. The Morgan fingerprint density at radius 3 is 2.43 bits per heavy atom. The molecule has 0 radical (unpaired) electrons. The fourth-order valence-electron chi connectivity index (χ4n) is 4.30. The molecule has 0 aliphatic carbocycles. The maximum absolute atomic E-state index is 12.4. The summed E-state index contributed by atoms with van der Waals surface area (Å²) in [7, 11) is 0. The zero-order valence-corrected chi connectivity index (χ0v) is 20.4. The Morgan fingerprint density at radius 1 is 1.00 bits per heavy atom. The SMILES string of the molecule is FC(F)(F)Oc1ccc(CN2CCCOC(c3cc(Cl)cc(Cl)c3)c3cnccc3CCC2)cc1. The summed E-state index contributed by atoms with van der Waals surface area (Å²) in [5.41, 5.74) is 3.96. The lowest BCUT2D eigenvalue weighted by molar-refractivity contribution is -0.274. The summed E-state index contributed by atoms with van der Waals surface area (Å²) in [6.45, 7) is 2.77. The van der Waals surface area contributed by atoms with E-state index in [0.717, 1.165) is 54.6 Å². The van der Waals surface area contributed by atoms with Crippen molar-refractivity contribution in [1.29, 1.82) is 0 Å². The van der Waals surface area contributed by atoms with Crippen molar-refractivity contribution in [2.75, 3.05) is 19.7 Å². The second kappa shape index (κ2) is 11.6. The number of alkyl halides is 3. The van der Waals surface area contributed by atoms with E-state index >= 15 is 0 Å². The Labute approximate surface area is 212 Å². The van der Waals surface area contributed by atoms with Gasteiger partial charge in [-0.25, -0.2) is 0 Å². The van der Waals surface area contributed by atoms with E-state index in [-0.39, 0.29) is 11.9 Å². The van der Waals surface area contributed by atoms with Crippen molar-refractivity contribution in [3.63, 3.8) is 0 Å². The first-order chi connectivity index (χ1) is 16.8. The smallest absolute Gasteiger partial charge is 0.406 e. The lowest BCUT2D eigenvalue weighted by Gasteiger charge is -2.23. The van der Waals surface area contributed by atoms with Crippen LogP contribution in [0.1, 0.15) is 41.2 Å². The number of halogens is 5. The standard InChI is InChI=1S/C26H25Cl2F3N2O2/c27-21-13-20(14-22(28)15-21)25-24-16-32-9-8-19(24)3-1-10-33(11-2-12-34-25)17-18-4-6-23(7-5-18)35-26(29,30)31/h4-9,13-16,25H,1-3,10-12,17H2. The van der Waals surface area contributed by atoms with Crippen molar-refractivity contribution in [2.24, 2.45) is 0 Å². The zero-order chi connectivity index (χ0) is 24.8. The largest absolute Gasteiger partial charge is 0.573 e. The molecule has 0 bridgehead atoms. The normalized spacial score (nSPS) is 17.9. The van der Waals surface area contributed by atoms with Crippen LogP contribution in [0.3, 0.4) is 0 Å². The Balaban J connectivity index is 1.48. The third-order valence-electron chi connectivity index (χ3n) is 5.80. The first kappa shape index (κ1) is 25.8. The van der Waals surface area contributed by atoms with E-state index in [4.69, 9.17) is 27.9 Å². The molecule has 1 unspecified atom stereocenters. The molecule has 4 nitrogen and oxygen atoms in total. The van der Waals surface area contributed by atoms with Gasteiger partial charge in [0.15, 0.2) is 0 Å². The molecule has 35 heavy (non-hydrogen) atoms. The molecule has 0 spiro atoms. The maximum atomic E-state index is 12.4. The van der Waals surface area contributed by atoms with Gasteiger partial charge in [0.05, 0.1) is 0 Å². The lowest BCUT2D eigenvalue weighted by Crippen LogP contribution is -2.26. The lowest BCUT2D eigenvalue weighted by atomic mass is 9.96. The van der Waals surface area contributed by atoms with Crippen molar-refractivity contribution >= 4 is 23.2 Å². The van der Waals surface area contributed by atoms with Crippen LogP contribution in [0.15, 0.2) is 60.9 Å². The number of hydrogen-bond donors (Lipinski definition) is 0. The minimum atomic E-state index is -4.69. The Kier molecular flexibility index (Phi) is 8.55. The highest BCUT2D eigenvalue weighted by Crippen LogP contribution is 2.33. The molecule has 0 N–H and O–H groups in total. The van der Waals surface area contributed by atoms with Crippen molar-refractivity contribution in [3.8, 4) is 5.75 Å². The van der Waals surface area contributed by atoms with Crippen molar-refractivity contribution in [2.45, 2.75) is 38.3 Å². The summed E-state index contributed by atoms with van der Waals surface area (Å²) in [4.78, 5) is 6.62. The van der Waals surface area contributed by atoms with Crippen molar-refractivity contribution < 1.29 is 22.6 Å². The fraction of sp³-hybridized carbons (Fsp3) is 0.346. The van der Waals surface area contributed by atoms with E-state index < -0.39 is 6.36 Å². The highest BCUT2D eigenvalue weighted by Gasteiger charge is 2.31. The molecule has 9 heteroatoms. The van der Waals surface area contributed by atoms with Gasteiger partial charge >= 0.3 is 6.36 Å². The third-order valence-corrected chi connectivity index (χ3v) is 6.24. The summed E-state index contributed by atoms with van der Waals surface area (Å²) < 4.78 is 47.6. The van der Waals surface area contributed by atoms with Crippen LogP contribution in [0.25, 0.3) is 0 Å². The van der Waals surface area contributed by atoms with E-state index in [2.05, 4.69) is 14.6 Å². The average Bonchev–Trinajstić information content (AvgIpc) is 2.82. The molecule has 0 saturated heterocycles. The monoisotopic (exact) mass is 524 g/mol. The minimum Gasteiger partial charge on any atom is -0.406 e. The number of hydrogen-bond acceptors (Lipinski definition) is 4. The second-order valence-corrected chi connectivity index (χ2v) is 9.33.